The summed E-state index contributed by atoms with van der Waals surface area (Å²) in [4.78, 5) is 0. The summed E-state index contributed by atoms with van der Waals surface area (Å²) in [5, 5.41) is 12.7. The van der Waals surface area contributed by atoms with Crippen LogP contribution in [-0.2, 0) is 6.54 Å². The first-order valence-corrected chi connectivity index (χ1v) is 6.48. The molecule has 1 unspecified atom stereocenters. The molecule has 0 saturated carbocycles. The second kappa shape index (κ2) is 4.37. The number of benzene rings is 1. The van der Waals surface area contributed by atoms with Gasteiger partial charge in [-0.1, -0.05) is 23.7 Å². The van der Waals surface area contributed by atoms with Crippen molar-refractivity contribution < 1.29 is 0 Å². The maximum absolute atomic E-state index is 6.37. The largest absolute Gasteiger partial charge is 0.308 e. The van der Waals surface area contributed by atoms with Gasteiger partial charge in [-0.25, -0.2) is 0 Å². The van der Waals surface area contributed by atoms with Crippen LogP contribution in [0.3, 0.4) is 0 Å². The smallest absolute Gasteiger partial charge is 0.165 e. The molecule has 4 nitrogen and oxygen atoms in total. The summed E-state index contributed by atoms with van der Waals surface area (Å²) in [6.07, 6.45) is 0. The Hall–Kier alpha value is -1.39. The summed E-state index contributed by atoms with van der Waals surface area (Å²) in [7, 11) is 0. The van der Waals surface area contributed by atoms with E-state index in [2.05, 4.69) is 27.0 Å². The highest BCUT2D eigenvalue weighted by molar-refractivity contribution is 6.33. The van der Waals surface area contributed by atoms with Crippen LogP contribution in [0.15, 0.2) is 18.2 Å². The Kier molecular flexibility index (Phi) is 2.84. The molecule has 3 rings (SSSR count). The third-order valence-corrected chi connectivity index (χ3v) is 3.89. The predicted octanol–water partition coefficient (Wildman–Crippen LogP) is 2.57. The van der Waals surface area contributed by atoms with Gasteiger partial charge in [-0.3, -0.25) is 0 Å². The van der Waals surface area contributed by atoms with Crippen LogP contribution in [0, 0.1) is 6.92 Å². The second-order valence-corrected chi connectivity index (χ2v) is 5.02. The zero-order valence-corrected chi connectivity index (χ0v) is 11.2. The fourth-order valence-corrected chi connectivity index (χ4v) is 2.57. The first kappa shape index (κ1) is 11.7. The zero-order valence-electron chi connectivity index (χ0n) is 10.4. The van der Waals surface area contributed by atoms with E-state index in [0.717, 1.165) is 40.9 Å². The minimum atomic E-state index is 0.239. The van der Waals surface area contributed by atoms with Crippen molar-refractivity contribution in [2.75, 3.05) is 6.54 Å². The number of fused-ring (bicyclic) bond motifs is 1. The van der Waals surface area contributed by atoms with Crippen molar-refractivity contribution in [2.45, 2.75) is 26.4 Å². The van der Waals surface area contributed by atoms with Crippen molar-refractivity contribution in [1.82, 2.24) is 20.1 Å². The van der Waals surface area contributed by atoms with Crippen molar-refractivity contribution in [3.05, 3.63) is 34.6 Å². The highest BCUT2D eigenvalue weighted by atomic mass is 35.5. The fraction of sp³-hybridized carbons (Fsp3) is 0.385. The third-order valence-electron chi connectivity index (χ3n) is 3.39. The van der Waals surface area contributed by atoms with E-state index in [1.165, 1.54) is 0 Å². The van der Waals surface area contributed by atoms with Gasteiger partial charge in [0.1, 0.15) is 5.82 Å². The van der Waals surface area contributed by atoms with Crippen LogP contribution in [0.2, 0.25) is 5.02 Å². The van der Waals surface area contributed by atoms with E-state index in [-0.39, 0.29) is 6.04 Å². The topological polar surface area (TPSA) is 42.7 Å². The number of hydrogen-bond donors (Lipinski definition) is 1. The Balaban J connectivity index is 2.16. The predicted molar refractivity (Wildman–Crippen MR) is 71.6 cm³/mol. The van der Waals surface area contributed by atoms with E-state index in [1.807, 2.05) is 25.1 Å². The van der Waals surface area contributed by atoms with Gasteiger partial charge in [-0.05, 0) is 25.5 Å². The number of aromatic nitrogens is 3. The molecule has 2 heterocycles. The Morgan fingerprint density at radius 2 is 2.22 bits per heavy atom. The Morgan fingerprint density at radius 3 is 3.06 bits per heavy atom. The van der Waals surface area contributed by atoms with E-state index in [0.29, 0.717) is 0 Å². The molecule has 18 heavy (non-hydrogen) atoms. The van der Waals surface area contributed by atoms with Gasteiger partial charge in [0.2, 0.25) is 0 Å². The molecular weight excluding hydrogens is 248 g/mol. The SMILES string of the molecule is Cc1cccc(-c2nnc3n2CCNC3C)c1Cl. The summed E-state index contributed by atoms with van der Waals surface area (Å²) >= 11 is 6.37. The molecule has 0 radical (unpaired) electrons. The van der Waals surface area contributed by atoms with Crippen LogP contribution < -0.4 is 5.32 Å². The first-order valence-electron chi connectivity index (χ1n) is 6.10. The summed E-state index contributed by atoms with van der Waals surface area (Å²) in [6, 6.07) is 6.24. The van der Waals surface area contributed by atoms with Crippen molar-refractivity contribution in [1.29, 1.82) is 0 Å². The molecule has 1 aromatic heterocycles. The van der Waals surface area contributed by atoms with Crippen molar-refractivity contribution in [3.8, 4) is 11.4 Å². The van der Waals surface area contributed by atoms with E-state index in [4.69, 9.17) is 11.6 Å². The van der Waals surface area contributed by atoms with Gasteiger partial charge in [0, 0.05) is 18.7 Å². The van der Waals surface area contributed by atoms with Crippen LogP contribution in [0.4, 0.5) is 0 Å². The normalized spacial score (nSPS) is 18.7. The molecule has 94 valence electrons. The first-order chi connectivity index (χ1) is 8.68. The Labute approximate surface area is 111 Å². The standard InChI is InChI=1S/C13H15ClN4/c1-8-4-3-5-10(11(8)14)13-17-16-12-9(2)15-6-7-18(12)13/h3-5,9,15H,6-7H2,1-2H3. The molecule has 0 amide bonds. The maximum Gasteiger partial charge on any atom is 0.165 e. The molecule has 1 aromatic carbocycles. The molecule has 0 fully saturated rings. The van der Waals surface area contributed by atoms with Gasteiger partial charge in [0.15, 0.2) is 5.82 Å². The number of halogens is 1. The van der Waals surface area contributed by atoms with Crippen LogP contribution in [0.25, 0.3) is 11.4 Å². The van der Waals surface area contributed by atoms with Gasteiger partial charge >= 0.3 is 0 Å². The molecule has 0 bridgehead atoms. The van der Waals surface area contributed by atoms with Crippen LogP contribution >= 0.6 is 11.6 Å². The molecule has 1 aliphatic rings. The number of nitrogens with zero attached hydrogens (tertiary/aromatic N) is 3. The lowest BCUT2D eigenvalue weighted by atomic mass is 10.1. The lowest BCUT2D eigenvalue weighted by molar-refractivity contribution is 0.439. The number of aryl methyl sites for hydroxylation is 1. The fourth-order valence-electron chi connectivity index (χ4n) is 2.36. The van der Waals surface area contributed by atoms with Crippen LogP contribution in [0.5, 0.6) is 0 Å². The average molecular weight is 263 g/mol. The van der Waals surface area contributed by atoms with Crippen LogP contribution in [0.1, 0.15) is 24.4 Å². The van der Waals surface area contributed by atoms with E-state index >= 15 is 0 Å². The van der Waals surface area contributed by atoms with Crippen molar-refractivity contribution >= 4 is 11.6 Å². The maximum atomic E-state index is 6.37. The van der Waals surface area contributed by atoms with Gasteiger partial charge < -0.3 is 9.88 Å². The van der Waals surface area contributed by atoms with Crippen molar-refractivity contribution in [2.24, 2.45) is 0 Å². The Bertz CT molecular complexity index is 591. The summed E-state index contributed by atoms with van der Waals surface area (Å²) < 4.78 is 2.15. The lowest BCUT2D eigenvalue weighted by Crippen LogP contribution is -2.32. The molecule has 1 atom stereocenters. The number of nitrogens with one attached hydrogen (secondary N) is 1. The van der Waals surface area contributed by atoms with E-state index < -0.39 is 0 Å². The zero-order chi connectivity index (χ0) is 12.7. The average Bonchev–Trinajstić information content (AvgIpc) is 2.78. The van der Waals surface area contributed by atoms with Gasteiger partial charge in [0.25, 0.3) is 0 Å². The quantitative estimate of drug-likeness (QED) is 0.859. The van der Waals surface area contributed by atoms with Gasteiger partial charge in [-0.15, -0.1) is 10.2 Å². The molecule has 0 saturated heterocycles. The second-order valence-electron chi connectivity index (χ2n) is 4.65. The molecule has 0 spiro atoms. The summed E-state index contributed by atoms with van der Waals surface area (Å²) in [5.74, 6) is 1.85. The minimum absolute atomic E-state index is 0.239. The molecule has 0 aliphatic carbocycles. The molecule has 1 aliphatic heterocycles. The van der Waals surface area contributed by atoms with E-state index in [1.54, 1.807) is 0 Å². The summed E-state index contributed by atoms with van der Waals surface area (Å²) in [5.41, 5.74) is 2.03. The Morgan fingerprint density at radius 1 is 1.39 bits per heavy atom. The third kappa shape index (κ3) is 1.72. The minimum Gasteiger partial charge on any atom is -0.308 e. The highest BCUT2D eigenvalue weighted by Crippen LogP contribution is 2.31. The van der Waals surface area contributed by atoms with E-state index in [9.17, 15) is 0 Å². The molecular formula is C13H15ClN4. The van der Waals surface area contributed by atoms with Gasteiger partial charge in [0.05, 0.1) is 11.1 Å². The van der Waals surface area contributed by atoms with Crippen LogP contribution in [-0.4, -0.2) is 21.3 Å². The molecule has 1 N–H and O–H groups in total. The monoisotopic (exact) mass is 262 g/mol. The number of hydrogen-bond acceptors (Lipinski definition) is 3. The highest BCUT2D eigenvalue weighted by Gasteiger charge is 2.23. The van der Waals surface area contributed by atoms with Gasteiger partial charge in [-0.2, -0.15) is 0 Å². The van der Waals surface area contributed by atoms with Crippen molar-refractivity contribution in [3.63, 3.8) is 0 Å². The number of rotatable bonds is 1. The summed E-state index contributed by atoms with van der Waals surface area (Å²) in [6.45, 7) is 5.92. The molecule has 2 aromatic rings. The molecule has 5 heteroatoms. The lowest BCUT2D eigenvalue weighted by Gasteiger charge is -2.22.